The fraction of sp³-hybridized carbons (Fsp3) is 0.636. The molecule has 0 amide bonds. The summed E-state index contributed by atoms with van der Waals surface area (Å²) < 4.78 is 6.13. The van der Waals surface area contributed by atoms with Crippen molar-refractivity contribution in [3.63, 3.8) is 0 Å². The van der Waals surface area contributed by atoms with Crippen LogP contribution in [0.1, 0.15) is 20.8 Å². The summed E-state index contributed by atoms with van der Waals surface area (Å²) in [7, 11) is -1.57. The number of hydrogen-bond donors (Lipinski definition) is 0. The van der Waals surface area contributed by atoms with Crippen LogP contribution in [0.5, 0.6) is 0 Å². The molecular weight excluding hydrogens is 176 g/mol. The highest BCUT2D eigenvalue weighted by Gasteiger charge is 2.38. The fourth-order valence-electron chi connectivity index (χ4n) is 1.01. The maximum Gasteiger partial charge on any atom is 0.193 e. The van der Waals surface area contributed by atoms with Crippen molar-refractivity contribution in [2.45, 2.75) is 45.0 Å². The van der Waals surface area contributed by atoms with Gasteiger partial charge < -0.3 is 4.43 Å². The lowest BCUT2D eigenvalue weighted by molar-refractivity contribution is 0.269. The van der Waals surface area contributed by atoms with Crippen molar-refractivity contribution in [1.29, 1.82) is 0 Å². The molecule has 0 saturated carbocycles. The van der Waals surface area contributed by atoms with Crippen molar-refractivity contribution < 1.29 is 4.43 Å². The lowest BCUT2D eigenvalue weighted by Crippen LogP contribution is -2.42. The van der Waals surface area contributed by atoms with Gasteiger partial charge in [0.2, 0.25) is 0 Å². The van der Waals surface area contributed by atoms with Crippen LogP contribution in [0.2, 0.25) is 18.1 Å². The Kier molecular flexibility index (Phi) is 2.83. The van der Waals surface area contributed by atoms with Gasteiger partial charge in [0.1, 0.15) is 0 Å². The monoisotopic (exact) mass is 196 g/mol. The van der Waals surface area contributed by atoms with Crippen LogP contribution in [0.15, 0.2) is 24.3 Å². The standard InChI is InChI=1S/C11H20OSi/c1-11(2,3)13(4,5)12-10-8-6-7-9-10/h6-10H,1-5H3. The van der Waals surface area contributed by atoms with Gasteiger partial charge in [-0.25, -0.2) is 0 Å². The quantitative estimate of drug-likeness (QED) is 0.614. The molecule has 2 heteroatoms. The van der Waals surface area contributed by atoms with E-state index in [0.717, 1.165) is 0 Å². The Labute approximate surface area is 82.6 Å². The van der Waals surface area contributed by atoms with Crippen molar-refractivity contribution in [2.24, 2.45) is 0 Å². The zero-order valence-electron chi connectivity index (χ0n) is 9.29. The van der Waals surface area contributed by atoms with Crippen molar-refractivity contribution in [3.8, 4) is 0 Å². The molecule has 1 aliphatic carbocycles. The molecule has 0 unspecified atom stereocenters. The molecule has 0 heterocycles. The first-order valence-corrected chi connectivity index (χ1v) is 7.76. The van der Waals surface area contributed by atoms with Gasteiger partial charge in [-0.3, -0.25) is 0 Å². The van der Waals surface area contributed by atoms with Crippen molar-refractivity contribution >= 4 is 8.32 Å². The molecule has 1 aliphatic rings. The van der Waals surface area contributed by atoms with Crippen molar-refractivity contribution in [3.05, 3.63) is 24.3 Å². The molecule has 0 N–H and O–H groups in total. The van der Waals surface area contributed by atoms with Gasteiger partial charge in [-0.15, -0.1) is 0 Å². The predicted octanol–water partition coefficient (Wildman–Crippen LogP) is 3.50. The van der Waals surface area contributed by atoms with Gasteiger partial charge in [0, 0.05) is 0 Å². The fourth-order valence-corrected chi connectivity index (χ4v) is 2.20. The highest BCUT2D eigenvalue weighted by atomic mass is 28.4. The molecule has 0 aromatic heterocycles. The molecule has 0 fully saturated rings. The van der Waals surface area contributed by atoms with Gasteiger partial charge >= 0.3 is 0 Å². The van der Waals surface area contributed by atoms with Gasteiger partial charge in [-0.1, -0.05) is 45.1 Å². The van der Waals surface area contributed by atoms with E-state index in [9.17, 15) is 0 Å². The van der Waals surface area contributed by atoms with Gasteiger partial charge in [0.25, 0.3) is 0 Å². The molecule has 0 spiro atoms. The number of rotatable bonds is 2. The third-order valence-corrected chi connectivity index (χ3v) is 7.42. The van der Waals surface area contributed by atoms with E-state index in [1.54, 1.807) is 0 Å². The summed E-state index contributed by atoms with van der Waals surface area (Å²) in [6.45, 7) is 11.4. The summed E-state index contributed by atoms with van der Waals surface area (Å²) in [5.74, 6) is 0. The first kappa shape index (κ1) is 10.7. The first-order chi connectivity index (χ1) is 5.83. The van der Waals surface area contributed by atoms with Crippen LogP contribution >= 0.6 is 0 Å². The van der Waals surface area contributed by atoms with Crippen LogP contribution in [-0.4, -0.2) is 14.4 Å². The zero-order valence-corrected chi connectivity index (χ0v) is 10.3. The third kappa shape index (κ3) is 2.55. The molecule has 0 bridgehead atoms. The molecule has 0 radical (unpaired) electrons. The van der Waals surface area contributed by atoms with E-state index in [2.05, 4.69) is 58.2 Å². The van der Waals surface area contributed by atoms with Crippen LogP contribution in [0.25, 0.3) is 0 Å². The predicted molar refractivity (Wildman–Crippen MR) is 60.4 cm³/mol. The minimum absolute atomic E-state index is 0.223. The molecular formula is C11H20OSi. The summed E-state index contributed by atoms with van der Waals surface area (Å²) >= 11 is 0. The molecule has 74 valence electrons. The summed E-state index contributed by atoms with van der Waals surface area (Å²) in [5.41, 5.74) is 0. The topological polar surface area (TPSA) is 9.23 Å². The Morgan fingerprint density at radius 1 is 1.08 bits per heavy atom. The largest absolute Gasteiger partial charge is 0.407 e. The van der Waals surface area contributed by atoms with Crippen LogP contribution in [0.4, 0.5) is 0 Å². The van der Waals surface area contributed by atoms with E-state index in [0.29, 0.717) is 5.04 Å². The molecule has 1 nitrogen and oxygen atoms in total. The van der Waals surface area contributed by atoms with Crippen LogP contribution in [-0.2, 0) is 4.43 Å². The Bertz CT molecular complexity index is 221. The second kappa shape index (κ2) is 3.43. The molecule has 0 aromatic carbocycles. The SMILES string of the molecule is CC(C)(C)[Si](C)(C)OC1C=CC=C1. The van der Waals surface area contributed by atoms with Gasteiger partial charge in [-0.2, -0.15) is 0 Å². The number of allylic oxidation sites excluding steroid dienone is 2. The normalized spacial score (nSPS) is 18.5. The van der Waals surface area contributed by atoms with Gasteiger partial charge in [-0.05, 0) is 18.1 Å². The zero-order chi connectivity index (χ0) is 10.1. The molecule has 0 saturated heterocycles. The Morgan fingerprint density at radius 2 is 1.54 bits per heavy atom. The Balaban J connectivity index is 2.61. The van der Waals surface area contributed by atoms with Crippen LogP contribution in [0.3, 0.4) is 0 Å². The van der Waals surface area contributed by atoms with E-state index in [4.69, 9.17) is 4.43 Å². The minimum atomic E-state index is -1.57. The maximum atomic E-state index is 6.13. The molecule has 13 heavy (non-hydrogen) atoms. The smallest absolute Gasteiger partial charge is 0.193 e. The Hall–Kier alpha value is -0.343. The highest BCUT2D eigenvalue weighted by Crippen LogP contribution is 2.37. The van der Waals surface area contributed by atoms with Crippen LogP contribution in [0, 0.1) is 0 Å². The summed E-state index contributed by atoms with van der Waals surface area (Å²) in [6, 6.07) is 0. The van der Waals surface area contributed by atoms with Gasteiger partial charge in [0.05, 0.1) is 6.10 Å². The Morgan fingerprint density at radius 3 is 1.92 bits per heavy atom. The summed E-state index contributed by atoms with van der Waals surface area (Å²) in [5, 5.41) is 0.303. The first-order valence-electron chi connectivity index (χ1n) is 4.86. The van der Waals surface area contributed by atoms with E-state index >= 15 is 0 Å². The van der Waals surface area contributed by atoms with Gasteiger partial charge in [0.15, 0.2) is 8.32 Å². The molecule has 0 aromatic rings. The van der Waals surface area contributed by atoms with Crippen molar-refractivity contribution in [2.75, 3.05) is 0 Å². The molecule has 0 atom stereocenters. The average Bonchev–Trinajstić information content (AvgIpc) is 2.35. The second-order valence-electron chi connectivity index (χ2n) is 5.11. The lowest BCUT2D eigenvalue weighted by Gasteiger charge is -2.37. The molecule has 1 rings (SSSR count). The van der Waals surface area contributed by atoms with E-state index in [1.165, 1.54) is 0 Å². The number of hydrogen-bond acceptors (Lipinski definition) is 1. The highest BCUT2D eigenvalue weighted by molar-refractivity contribution is 6.74. The third-order valence-electron chi connectivity index (χ3n) is 2.95. The second-order valence-corrected chi connectivity index (χ2v) is 9.87. The van der Waals surface area contributed by atoms with E-state index in [-0.39, 0.29) is 6.10 Å². The summed E-state index contributed by atoms with van der Waals surface area (Å²) in [4.78, 5) is 0. The van der Waals surface area contributed by atoms with Crippen molar-refractivity contribution in [1.82, 2.24) is 0 Å². The minimum Gasteiger partial charge on any atom is -0.407 e. The van der Waals surface area contributed by atoms with E-state index in [1.807, 2.05) is 0 Å². The molecule has 0 aliphatic heterocycles. The lowest BCUT2D eigenvalue weighted by atomic mass is 10.2. The van der Waals surface area contributed by atoms with E-state index < -0.39 is 8.32 Å². The average molecular weight is 196 g/mol. The van der Waals surface area contributed by atoms with Crippen LogP contribution < -0.4 is 0 Å². The summed E-state index contributed by atoms with van der Waals surface area (Å²) in [6.07, 6.45) is 8.55. The maximum absolute atomic E-state index is 6.13.